The second kappa shape index (κ2) is 6.03. The van der Waals surface area contributed by atoms with Crippen LogP contribution in [0.4, 0.5) is 0 Å². The molecular weight excluding hydrogens is 222 g/mol. The van der Waals surface area contributed by atoms with Crippen molar-refractivity contribution in [3.63, 3.8) is 0 Å². The minimum Gasteiger partial charge on any atom is -0.336 e. The van der Waals surface area contributed by atoms with Gasteiger partial charge in [0, 0.05) is 13.0 Å². The van der Waals surface area contributed by atoms with E-state index < -0.39 is 0 Å². The van der Waals surface area contributed by atoms with Crippen LogP contribution in [0.25, 0.3) is 0 Å². The van der Waals surface area contributed by atoms with Crippen LogP contribution in [0.5, 0.6) is 0 Å². The van der Waals surface area contributed by atoms with Crippen LogP contribution >= 0.6 is 0 Å². The number of benzene rings is 1. The first kappa shape index (κ1) is 13.1. The molecule has 0 saturated carbocycles. The Morgan fingerprint density at radius 3 is 2.56 bits per heavy atom. The van der Waals surface area contributed by atoms with Gasteiger partial charge in [0.1, 0.15) is 0 Å². The molecule has 0 bridgehead atoms. The lowest BCUT2D eigenvalue weighted by Gasteiger charge is -2.24. The van der Waals surface area contributed by atoms with E-state index >= 15 is 0 Å². The molecule has 2 heteroatoms. The molecule has 0 spiro atoms. The SMILES string of the molecule is CCCCc1ccc(C(C)N2CCCC2=O)cc1. The summed E-state index contributed by atoms with van der Waals surface area (Å²) in [7, 11) is 0. The van der Waals surface area contributed by atoms with Crippen molar-refractivity contribution in [1.29, 1.82) is 0 Å². The average Bonchev–Trinajstić information content (AvgIpc) is 2.82. The van der Waals surface area contributed by atoms with Gasteiger partial charge >= 0.3 is 0 Å². The zero-order valence-corrected chi connectivity index (χ0v) is 11.5. The van der Waals surface area contributed by atoms with Crippen LogP contribution in [-0.4, -0.2) is 17.4 Å². The summed E-state index contributed by atoms with van der Waals surface area (Å²) in [5.74, 6) is 0.303. The van der Waals surface area contributed by atoms with Crippen molar-refractivity contribution in [3.8, 4) is 0 Å². The highest BCUT2D eigenvalue weighted by Gasteiger charge is 2.25. The highest BCUT2D eigenvalue weighted by atomic mass is 16.2. The van der Waals surface area contributed by atoms with Gasteiger partial charge in [-0.05, 0) is 37.3 Å². The molecule has 0 aliphatic carbocycles. The largest absolute Gasteiger partial charge is 0.336 e. The van der Waals surface area contributed by atoms with Crippen molar-refractivity contribution in [2.24, 2.45) is 0 Å². The number of hydrogen-bond donors (Lipinski definition) is 0. The maximum Gasteiger partial charge on any atom is 0.223 e. The van der Waals surface area contributed by atoms with Crippen LogP contribution in [0, 0.1) is 0 Å². The number of aryl methyl sites for hydroxylation is 1. The number of likely N-dealkylation sites (tertiary alicyclic amines) is 1. The van der Waals surface area contributed by atoms with Crippen molar-refractivity contribution in [2.75, 3.05) is 6.54 Å². The van der Waals surface area contributed by atoms with E-state index in [4.69, 9.17) is 0 Å². The summed E-state index contributed by atoms with van der Waals surface area (Å²) in [6.45, 7) is 5.26. The molecule has 1 aliphatic rings. The van der Waals surface area contributed by atoms with Crippen LogP contribution in [-0.2, 0) is 11.2 Å². The van der Waals surface area contributed by atoms with E-state index in [1.807, 2.05) is 4.90 Å². The van der Waals surface area contributed by atoms with Gasteiger partial charge in [0.05, 0.1) is 6.04 Å². The molecule has 1 unspecified atom stereocenters. The van der Waals surface area contributed by atoms with Gasteiger partial charge < -0.3 is 4.90 Å². The topological polar surface area (TPSA) is 20.3 Å². The molecule has 1 aliphatic heterocycles. The number of carbonyl (C=O) groups excluding carboxylic acids is 1. The van der Waals surface area contributed by atoms with Crippen LogP contribution in [0.15, 0.2) is 24.3 Å². The van der Waals surface area contributed by atoms with E-state index in [2.05, 4.69) is 38.1 Å². The molecule has 1 saturated heterocycles. The Morgan fingerprint density at radius 1 is 1.28 bits per heavy atom. The molecule has 1 aromatic carbocycles. The van der Waals surface area contributed by atoms with Gasteiger partial charge in [-0.2, -0.15) is 0 Å². The van der Waals surface area contributed by atoms with Gasteiger partial charge in [0.15, 0.2) is 0 Å². The maximum atomic E-state index is 11.7. The van der Waals surface area contributed by atoms with Gasteiger partial charge in [-0.15, -0.1) is 0 Å². The average molecular weight is 245 g/mol. The zero-order chi connectivity index (χ0) is 13.0. The first-order chi connectivity index (χ1) is 8.72. The molecule has 2 nitrogen and oxygen atoms in total. The Kier molecular flexibility index (Phi) is 4.40. The summed E-state index contributed by atoms with van der Waals surface area (Å²) < 4.78 is 0. The van der Waals surface area contributed by atoms with Gasteiger partial charge in [-0.25, -0.2) is 0 Å². The number of unbranched alkanes of at least 4 members (excludes halogenated alkanes) is 1. The van der Waals surface area contributed by atoms with Crippen molar-refractivity contribution in [2.45, 2.75) is 52.0 Å². The van der Waals surface area contributed by atoms with Crippen LogP contribution in [0.3, 0.4) is 0 Å². The van der Waals surface area contributed by atoms with Crippen LogP contribution < -0.4 is 0 Å². The predicted octanol–water partition coefficient (Wildman–Crippen LogP) is 3.71. The lowest BCUT2D eigenvalue weighted by molar-refractivity contribution is -0.129. The maximum absolute atomic E-state index is 11.7. The Morgan fingerprint density at radius 2 is 2.00 bits per heavy atom. The number of carbonyl (C=O) groups is 1. The predicted molar refractivity (Wildman–Crippen MR) is 74.4 cm³/mol. The van der Waals surface area contributed by atoms with E-state index in [0.29, 0.717) is 5.91 Å². The number of amides is 1. The summed E-state index contributed by atoms with van der Waals surface area (Å²) in [6, 6.07) is 9.01. The monoisotopic (exact) mass is 245 g/mol. The summed E-state index contributed by atoms with van der Waals surface area (Å²) in [5.41, 5.74) is 2.66. The Balaban J connectivity index is 2.02. The molecule has 1 aromatic rings. The fourth-order valence-electron chi connectivity index (χ4n) is 2.60. The molecule has 1 fully saturated rings. The molecule has 18 heavy (non-hydrogen) atoms. The smallest absolute Gasteiger partial charge is 0.223 e. The van der Waals surface area contributed by atoms with Crippen LogP contribution in [0.2, 0.25) is 0 Å². The molecular formula is C16H23NO. The molecule has 1 atom stereocenters. The van der Waals surface area contributed by atoms with Crippen LogP contribution in [0.1, 0.15) is 56.7 Å². The molecule has 1 amide bonds. The molecule has 0 radical (unpaired) electrons. The summed E-state index contributed by atoms with van der Waals surface area (Å²) in [6.07, 6.45) is 5.38. The van der Waals surface area contributed by atoms with Gasteiger partial charge in [-0.3, -0.25) is 4.79 Å². The third-order valence-corrected chi connectivity index (χ3v) is 3.86. The van der Waals surface area contributed by atoms with Gasteiger partial charge in [0.2, 0.25) is 5.91 Å². The highest BCUT2D eigenvalue weighted by Crippen LogP contribution is 2.25. The van der Waals surface area contributed by atoms with E-state index in [1.165, 1.54) is 24.0 Å². The summed E-state index contributed by atoms with van der Waals surface area (Å²) in [4.78, 5) is 13.7. The molecule has 0 aromatic heterocycles. The first-order valence-electron chi connectivity index (χ1n) is 7.10. The van der Waals surface area contributed by atoms with Gasteiger partial charge in [-0.1, -0.05) is 37.6 Å². The standard InChI is InChI=1S/C16H23NO/c1-3-4-6-14-8-10-15(11-9-14)13(2)17-12-5-7-16(17)18/h8-11,13H,3-7,12H2,1-2H3. The first-order valence-corrected chi connectivity index (χ1v) is 7.10. The molecule has 1 heterocycles. The van der Waals surface area contributed by atoms with Crippen molar-refractivity contribution in [1.82, 2.24) is 4.90 Å². The fraction of sp³-hybridized carbons (Fsp3) is 0.562. The van der Waals surface area contributed by atoms with Gasteiger partial charge in [0.25, 0.3) is 0 Å². The quantitative estimate of drug-likeness (QED) is 0.774. The Hall–Kier alpha value is -1.31. The Bertz CT molecular complexity index is 396. The number of hydrogen-bond acceptors (Lipinski definition) is 1. The fourth-order valence-corrected chi connectivity index (χ4v) is 2.60. The number of rotatable bonds is 5. The number of nitrogens with zero attached hydrogens (tertiary/aromatic N) is 1. The molecule has 0 N–H and O–H groups in total. The third-order valence-electron chi connectivity index (χ3n) is 3.86. The normalized spacial score (nSPS) is 17.2. The van der Waals surface area contributed by atoms with E-state index in [9.17, 15) is 4.79 Å². The molecule has 2 rings (SSSR count). The Labute approximate surface area is 110 Å². The van der Waals surface area contributed by atoms with Crippen molar-refractivity contribution < 1.29 is 4.79 Å². The lowest BCUT2D eigenvalue weighted by Crippen LogP contribution is -2.27. The molecule has 98 valence electrons. The summed E-state index contributed by atoms with van der Waals surface area (Å²) >= 11 is 0. The minimum absolute atomic E-state index is 0.222. The van der Waals surface area contributed by atoms with E-state index in [-0.39, 0.29) is 6.04 Å². The second-order valence-corrected chi connectivity index (χ2v) is 5.21. The van der Waals surface area contributed by atoms with Crippen molar-refractivity contribution in [3.05, 3.63) is 35.4 Å². The summed E-state index contributed by atoms with van der Waals surface area (Å²) in [5, 5.41) is 0. The zero-order valence-electron chi connectivity index (χ0n) is 11.5. The lowest BCUT2D eigenvalue weighted by atomic mass is 10.0. The minimum atomic E-state index is 0.222. The van der Waals surface area contributed by atoms with E-state index in [1.54, 1.807) is 0 Å². The van der Waals surface area contributed by atoms with E-state index in [0.717, 1.165) is 25.8 Å². The third kappa shape index (κ3) is 2.92. The second-order valence-electron chi connectivity index (χ2n) is 5.21. The highest BCUT2D eigenvalue weighted by molar-refractivity contribution is 5.78. The van der Waals surface area contributed by atoms with Crippen molar-refractivity contribution >= 4 is 5.91 Å².